The fourth-order valence-corrected chi connectivity index (χ4v) is 2.05. The fourth-order valence-electron chi connectivity index (χ4n) is 2.05. The maximum Gasteiger partial charge on any atom is 0.221 e. The van der Waals surface area contributed by atoms with Gasteiger partial charge in [0.05, 0.1) is 11.0 Å². The first kappa shape index (κ1) is 12.4. The van der Waals surface area contributed by atoms with Crippen molar-refractivity contribution in [3.63, 3.8) is 0 Å². The zero-order valence-corrected chi connectivity index (χ0v) is 10.7. The molecule has 0 spiro atoms. The maximum atomic E-state index is 11.5. The summed E-state index contributed by atoms with van der Waals surface area (Å²) in [6.07, 6.45) is 0.463. The maximum absolute atomic E-state index is 11.5. The van der Waals surface area contributed by atoms with Crippen LogP contribution >= 0.6 is 0 Å². The number of nitrogen functional groups attached to an aromatic ring is 1. The van der Waals surface area contributed by atoms with E-state index in [0.29, 0.717) is 25.2 Å². The Hall–Kier alpha value is -2.04. The van der Waals surface area contributed by atoms with Crippen LogP contribution in [0.4, 0.5) is 5.69 Å². The molecule has 0 radical (unpaired) electrons. The van der Waals surface area contributed by atoms with Crippen LogP contribution in [0.5, 0.6) is 0 Å². The molecule has 2 rings (SSSR count). The van der Waals surface area contributed by atoms with Gasteiger partial charge in [0, 0.05) is 25.2 Å². The lowest BCUT2D eigenvalue weighted by Crippen LogP contribution is -2.23. The molecule has 1 amide bonds. The van der Waals surface area contributed by atoms with Gasteiger partial charge in [-0.25, -0.2) is 4.98 Å². The number of aryl methyl sites for hydroxylation is 2. The Kier molecular flexibility index (Phi) is 3.50. The molecule has 1 aromatic carbocycles. The average molecular weight is 246 g/mol. The molecule has 0 saturated heterocycles. The molecule has 96 valence electrons. The molecular weight excluding hydrogens is 228 g/mol. The van der Waals surface area contributed by atoms with Crippen LogP contribution in [0.3, 0.4) is 0 Å². The molecule has 0 aliphatic rings. The van der Waals surface area contributed by atoms with Gasteiger partial charge in [0.25, 0.3) is 0 Å². The minimum atomic E-state index is 0.0641. The zero-order chi connectivity index (χ0) is 13.1. The van der Waals surface area contributed by atoms with Crippen LogP contribution in [-0.4, -0.2) is 22.0 Å². The summed E-state index contributed by atoms with van der Waals surface area (Å²) in [6.45, 7) is 5.16. The summed E-state index contributed by atoms with van der Waals surface area (Å²) in [7, 11) is 0. The third-order valence-corrected chi connectivity index (χ3v) is 2.90. The minimum absolute atomic E-state index is 0.0641. The average Bonchev–Trinajstić information content (AvgIpc) is 2.61. The van der Waals surface area contributed by atoms with Crippen molar-refractivity contribution in [3.8, 4) is 0 Å². The number of nitrogens with two attached hydrogens (primary N) is 1. The molecule has 5 nitrogen and oxygen atoms in total. The van der Waals surface area contributed by atoms with Crippen molar-refractivity contribution in [2.45, 2.75) is 26.8 Å². The van der Waals surface area contributed by atoms with Gasteiger partial charge in [-0.2, -0.15) is 0 Å². The van der Waals surface area contributed by atoms with Gasteiger partial charge in [0.15, 0.2) is 0 Å². The molecule has 3 N–H and O–H groups in total. The van der Waals surface area contributed by atoms with E-state index in [4.69, 9.17) is 5.73 Å². The number of rotatable bonds is 4. The number of nitrogens with one attached hydrogen (secondary N) is 1. The summed E-state index contributed by atoms with van der Waals surface area (Å²) in [4.78, 5) is 15.9. The first-order valence-corrected chi connectivity index (χ1v) is 6.11. The number of nitrogens with zero attached hydrogens (tertiary/aromatic N) is 2. The lowest BCUT2D eigenvalue weighted by atomic mass is 10.3. The Labute approximate surface area is 106 Å². The molecule has 1 aromatic heterocycles. The third kappa shape index (κ3) is 2.45. The van der Waals surface area contributed by atoms with Crippen LogP contribution < -0.4 is 11.1 Å². The summed E-state index contributed by atoms with van der Waals surface area (Å²) in [5, 5.41) is 2.79. The largest absolute Gasteiger partial charge is 0.399 e. The number of aromatic nitrogens is 2. The molecule has 1 heterocycles. The number of imidazole rings is 1. The van der Waals surface area contributed by atoms with Gasteiger partial charge in [-0.1, -0.05) is 0 Å². The number of carbonyl (C=O) groups is 1. The Bertz CT molecular complexity index is 574. The molecule has 0 unspecified atom stereocenters. The Morgan fingerprint density at radius 2 is 2.28 bits per heavy atom. The summed E-state index contributed by atoms with van der Waals surface area (Å²) in [6, 6.07) is 5.65. The van der Waals surface area contributed by atoms with Gasteiger partial charge in [-0.3, -0.25) is 4.79 Å². The lowest BCUT2D eigenvalue weighted by Gasteiger charge is -2.07. The second-order valence-corrected chi connectivity index (χ2v) is 4.26. The summed E-state index contributed by atoms with van der Waals surface area (Å²) >= 11 is 0. The Morgan fingerprint density at radius 1 is 1.50 bits per heavy atom. The first-order chi connectivity index (χ1) is 8.61. The molecule has 0 aliphatic carbocycles. The highest BCUT2D eigenvalue weighted by atomic mass is 16.1. The van der Waals surface area contributed by atoms with Crippen molar-refractivity contribution in [1.82, 2.24) is 14.9 Å². The van der Waals surface area contributed by atoms with Crippen LogP contribution in [0, 0.1) is 6.92 Å². The number of hydrogen-bond donors (Lipinski definition) is 2. The van der Waals surface area contributed by atoms with Crippen LogP contribution in [0.1, 0.15) is 19.2 Å². The molecule has 5 heteroatoms. The molecule has 0 bridgehead atoms. The van der Waals surface area contributed by atoms with E-state index in [9.17, 15) is 4.79 Å². The number of anilines is 1. The second kappa shape index (κ2) is 5.08. The molecule has 2 aromatic rings. The van der Waals surface area contributed by atoms with Crippen LogP contribution in [0.15, 0.2) is 18.2 Å². The van der Waals surface area contributed by atoms with Crippen LogP contribution in [0.25, 0.3) is 11.0 Å². The van der Waals surface area contributed by atoms with Gasteiger partial charge in [-0.05, 0) is 32.0 Å². The van der Waals surface area contributed by atoms with Crippen molar-refractivity contribution >= 4 is 22.6 Å². The number of hydrogen-bond acceptors (Lipinski definition) is 3. The molecular formula is C13H18N4O. The van der Waals surface area contributed by atoms with Gasteiger partial charge in [-0.15, -0.1) is 0 Å². The standard InChI is InChI=1S/C13H18N4O/c1-3-15-13(18)6-7-17-9(2)16-11-8-10(14)4-5-12(11)17/h4-5,8H,3,6-7,14H2,1-2H3,(H,15,18). The lowest BCUT2D eigenvalue weighted by molar-refractivity contribution is -0.121. The monoisotopic (exact) mass is 246 g/mol. The molecule has 0 atom stereocenters. The van der Waals surface area contributed by atoms with Gasteiger partial charge >= 0.3 is 0 Å². The minimum Gasteiger partial charge on any atom is -0.399 e. The van der Waals surface area contributed by atoms with E-state index >= 15 is 0 Å². The van der Waals surface area contributed by atoms with E-state index in [1.165, 1.54) is 0 Å². The number of amides is 1. The third-order valence-electron chi connectivity index (χ3n) is 2.90. The highest BCUT2D eigenvalue weighted by Crippen LogP contribution is 2.18. The number of fused-ring (bicyclic) bond motifs is 1. The molecule has 0 aliphatic heterocycles. The topological polar surface area (TPSA) is 72.9 Å². The quantitative estimate of drug-likeness (QED) is 0.802. The molecule has 18 heavy (non-hydrogen) atoms. The SMILES string of the molecule is CCNC(=O)CCn1c(C)nc2cc(N)ccc21. The normalized spacial score (nSPS) is 10.8. The van der Waals surface area contributed by atoms with Crippen molar-refractivity contribution in [2.75, 3.05) is 12.3 Å². The van der Waals surface area contributed by atoms with E-state index in [1.807, 2.05) is 36.6 Å². The van der Waals surface area contributed by atoms with E-state index in [0.717, 1.165) is 16.9 Å². The number of carbonyl (C=O) groups excluding carboxylic acids is 1. The van der Waals surface area contributed by atoms with E-state index in [2.05, 4.69) is 10.3 Å². The zero-order valence-electron chi connectivity index (χ0n) is 10.7. The fraction of sp³-hybridized carbons (Fsp3) is 0.385. The first-order valence-electron chi connectivity index (χ1n) is 6.11. The molecule has 0 saturated carbocycles. The second-order valence-electron chi connectivity index (χ2n) is 4.26. The van der Waals surface area contributed by atoms with Gasteiger partial charge < -0.3 is 15.6 Å². The predicted molar refractivity (Wildman–Crippen MR) is 72.2 cm³/mol. The highest BCUT2D eigenvalue weighted by molar-refractivity contribution is 5.80. The highest BCUT2D eigenvalue weighted by Gasteiger charge is 2.08. The predicted octanol–water partition coefficient (Wildman–Crippen LogP) is 1.45. The van der Waals surface area contributed by atoms with Gasteiger partial charge in [0.1, 0.15) is 5.82 Å². The summed E-state index contributed by atoms with van der Waals surface area (Å²) in [5.74, 6) is 0.967. The van der Waals surface area contributed by atoms with Crippen molar-refractivity contribution < 1.29 is 4.79 Å². The van der Waals surface area contributed by atoms with E-state index in [1.54, 1.807) is 0 Å². The van der Waals surface area contributed by atoms with E-state index in [-0.39, 0.29) is 5.91 Å². The summed E-state index contributed by atoms with van der Waals surface area (Å²) in [5.41, 5.74) is 8.33. The Balaban J connectivity index is 2.22. The van der Waals surface area contributed by atoms with Crippen molar-refractivity contribution in [1.29, 1.82) is 0 Å². The Morgan fingerprint density at radius 3 is 3.00 bits per heavy atom. The number of benzene rings is 1. The van der Waals surface area contributed by atoms with Crippen molar-refractivity contribution in [3.05, 3.63) is 24.0 Å². The van der Waals surface area contributed by atoms with E-state index < -0.39 is 0 Å². The smallest absolute Gasteiger partial charge is 0.221 e. The van der Waals surface area contributed by atoms with Crippen LogP contribution in [0.2, 0.25) is 0 Å². The van der Waals surface area contributed by atoms with Crippen LogP contribution in [-0.2, 0) is 11.3 Å². The van der Waals surface area contributed by atoms with Crippen molar-refractivity contribution in [2.24, 2.45) is 0 Å². The van der Waals surface area contributed by atoms with Gasteiger partial charge in [0.2, 0.25) is 5.91 Å². The molecule has 0 fully saturated rings. The summed E-state index contributed by atoms with van der Waals surface area (Å²) < 4.78 is 2.05.